The predicted molar refractivity (Wildman–Crippen MR) is 77.2 cm³/mol. The molecule has 6 heteroatoms. The van der Waals surface area contributed by atoms with Crippen molar-refractivity contribution in [3.63, 3.8) is 0 Å². The highest BCUT2D eigenvalue weighted by molar-refractivity contribution is 6.31. The van der Waals surface area contributed by atoms with Crippen molar-refractivity contribution >= 4 is 28.7 Å². The first-order valence-corrected chi connectivity index (χ1v) is 6.80. The van der Waals surface area contributed by atoms with Crippen molar-refractivity contribution in [1.29, 1.82) is 0 Å². The number of pyridine rings is 1. The lowest BCUT2D eigenvalue weighted by Crippen LogP contribution is -2.10. The number of rotatable bonds is 6. The van der Waals surface area contributed by atoms with Crippen LogP contribution in [0.5, 0.6) is 0 Å². The maximum atomic E-state index is 5.88. The van der Waals surface area contributed by atoms with E-state index in [-0.39, 0.29) is 0 Å². The minimum atomic E-state index is 0.442. The van der Waals surface area contributed by atoms with Gasteiger partial charge in [-0.3, -0.25) is 4.57 Å². The maximum absolute atomic E-state index is 5.88. The summed E-state index contributed by atoms with van der Waals surface area (Å²) in [6.07, 6.45) is 2.66. The first-order chi connectivity index (χ1) is 9.08. The number of hydrogen-bond donors (Lipinski definition) is 1. The molecule has 2 rings (SSSR count). The number of imidazole rings is 1. The van der Waals surface area contributed by atoms with E-state index in [2.05, 4.69) is 23.8 Å². The van der Waals surface area contributed by atoms with Crippen LogP contribution in [-0.2, 0) is 11.3 Å². The summed E-state index contributed by atoms with van der Waals surface area (Å²) >= 11 is 5.88. The van der Waals surface area contributed by atoms with Crippen LogP contribution in [0.4, 0.5) is 5.95 Å². The van der Waals surface area contributed by atoms with E-state index in [1.807, 2.05) is 4.57 Å². The number of nitrogens with two attached hydrogens (primary N) is 1. The van der Waals surface area contributed by atoms with Gasteiger partial charge in [0.25, 0.3) is 0 Å². The Kier molecular flexibility index (Phi) is 4.61. The molecule has 104 valence electrons. The molecule has 0 spiro atoms. The lowest BCUT2D eigenvalue weighted by Gasteiger charge is -2.08. The number of aromatic nitrogens is 3. The molecule has 0 saturated carbocycles. The molecular formula is C13H19ClN4O. The zero-order chi connectivity index (χ0) is 13.8. The molecule has 2 heterocycles. The number of halogens is 1. The van der Waals surface area contributed by atoms with Crippen molar-refractivity contribution in [2.24, 2.45) is 5.92 Å². The van der Waals surface area contributed by atoms with Crippen molar-refractivity contribution < 1.29 is 4.74 Å². The molecule has 0 aliphatic carbocycles. The monoisotopic (exact) mass is 282 g/mol. The Morgan fingerprint density at radius 3 is 2.95 bits per heavy atom. The third kappa shape index (κ3) is 3.58. The van der Waals surface area contributed by atoms with Gasteiger partial charge in [0.15, 0.2) is 5.65 Å². The van der Waals surface area contributed by atoms with E-state index in [9.17, 15) is 0 Å². The second kappa shape index (κ2) is 6.21. The Bertz CT molecular complexity index is 553. The molecule has 19 heavy (non-hydrogen) atoms. The second-order valence-corrected chi connectivity index (χ2v) is 5.35. The van der Waals surface area contributed by atoms with Gasteiger partial charge >= 0.3 is 0 Å². The van der Waals surface area contributed by atoms with Gasteiger partial charge in [-0.05, 0) is 18.4 Å². The molecule has 0 amide bonds. The Morgan fingerprint density at radius 2 is 2.21 bits per heavy atom. The van der Waals surface area contributed by atoms with Crippen molar-refractivity contribution in [1.82, 2.24) is 14.5 Å². The van der Waals surface area contributed by atoms with E-state index >= 15 is 0 Å². The first kappa shape index (κ1) is 14.1. The largest absolute Gasteiger partial charge is 0.380 e. The highest BCUT2D eigenvalue weighted by atomic mass is 35.5. The fourth-order valence-electron chi connectivity index (χ4n) is 1.80. The van der Waals surface area contributed by atoms with E-state index in [4.69, 9.17) is 22.1 Å². The van der Waals surface area contributed by atoms with Gasteiger partial charge < -0.3 is 10.5 Å². The fourth-order valence-corrected chi connectivity index (χ4v) is 1.95. The lowest BCUT2D eigenvalue weighted by atomic mass is 10.1. The molecule has 0 unspecified atom stereocenters. The zero-order valence-corrected chi connectivity index (χ0v) is 12.0. The smallest absolute Gasteiger partial charge is 0.202 e. The summed E-state index contributed by atoms with van der Waals surface area (Å²) in [6.45, 7) is 6.38. The lowest BCUT2D eigenvalue weighted by molar-refractivity contribution is 0.117. The van der Waals surface area contributed by atoms with Crippen LogP contribution < -0.4 is 5.73 Å². The van der Waals surface area contributed by atoms with Gasteiger partial charge in [-0.1, -0.05) is 25.4 Å². The van der Waals surface area contributed by atoms with Crippen molar-refractivity contribution in [2.75, 3.05) is 18.9 Å². The molecule has 2 aromatic heterocycles. The number of hydrogen-bond acceptors (Lipinski definition) is 4. The molecule has 2 aromatic rings. The Morgan fingerprint density at radius 1 is 1.42 bits per heavy atom. The molecule has 5 nitrogen and oxygen atoms in total. The van der Waals surface area contributed by atoms with E-state index in [1.165, 1.54) is 0 Å². The summed E-state index contributed by atoms with van der Waals surface area (Å²) in [5.74, 6) is 1.10. The number of anilines is 1. The maximum Gasteiger partial charge on any atom is 0.202 e. The topological polar surface area (TPSA) is 66.0 Å². The van der Waals surface area contributed by atoms with Gasteiger partial charge in [-0.25, -0.2) is 9.97 Å². The predicted octanol–water partition coefficient (Wildman–Crippen LogP) is 2.73. The minimum Gasteiger partial charge on any atom is -0.380 e. The molecule has 0 radical (unpaired) electrons. The molecule has 0 aromatic carbocycles. The third-order valence-electron chi connectivity index (χ3n) is 2.88. The third-order valence-corrected chi connectivity index (χ3v) is 3.09. The SMILES string of the molecule is CC(C)CCOCCn1c(N)nc2cc(Cl)cnc21. The molecule has 0 aliphatic heterocycles. The standard InChI is InChI=1S/C13H19ClN4O/c1-9(2)3-5-19-6-4-18-12-11(17-13(18)15)7-10(14)8-16-12/h7-9H,3-6H2,1-2H3,(H2,15,17). The molecule has 0 fully saturated rings. The summed E-state index contributed by atoms with van der Waals surface area (Å²) in [4.78, 5) is 8.50. The summed E-state index contributed by atoms with van der Waals surface area (Å²) in [5, 5.41) is 0.560. The van der Waals surface area contributed by atoms with Gasteiger partial charge in [-0.15, -0.1) is 0 Å². The Labute approximate surface area is 117 Å². The minimum absolute atomic E-state index is 0.442. The van der Waals surface area contributed by atoms with Crippen LogP contribution in [0.1, 0.15) is 20.3 Å². The fraction of sp³-hybridized carbons (Fsp3) is 0.538. The van der Waals surface area contributed by atoms with E-state index in [0.717, 1.165) is 18.7 Å². The highest BCUT2D eigenvalue weighted by Crippen LogP contribution is 2.18. The van der Waals surface area contributed by atoms with Crippen LogP contribution >= 0.6 is 11.6 Å². The van der Waals surface area contributed by atoms with E-state index in [0.29, 0.717) is 35.6 Å². The summed E-state index contributed by atoms with van der Waals surface area (Å²) in [7, 11) is 0. The second-order valence-electron chi connectivity index (χ2n) is 4.91. The van der Waals surface area contributed by atoms with Crippen LogP contribution in [0.15, 0.2) is 12.3 Å². The zero-order valence-electron chi connectivity index (χ0n) is 11.3. The average Bonchev–Trinajstić information content (AvgIpc) is 2.64. The molecule has 0 bridgehead atoms. The Balaban J connectivity index is 1.98. The van der Waals surface area contributed by atoms with Gasteiger partial charge in [0.1, 0.15) is 5.52 Å². The number of fused-ring (bicyclic) bond motifs is 1. The van der Waals surface area contributed by atoms with Gasteiger partial charge in [0.05, 0.1) is 18.2 Å². The average molecular weight is 283 g/mol. The van der Waals surface area contributed by atoms with Crippen molar-refractivity contribution in [3.8, 4) is 0 Å². The van der Waals surface area contributed by atoms with E-state index < -0.39 is 0 Å². The number of ether oxygens (including phenoxy) is 1. The van der Waals surface area contributed by atoms with Crippen LogP contribution in [0.25, 0.3) is 11.2 Å². The van der Waals surface area contributed by atoms with E-state index in [1.54, 1.807) is 12.3 Å². The van der Waals surface area contributed by atoms with Crippen molar-refractivity contribution in [2.45, 2.75) is 26.8 Å². The number of nitrogen functional groups attached to an aromatic ring is 1. The Hall–Kier alpha value is -1.33. The molecule has 2 N–H and O–H groups in total. The first-order valence-electron chi connectivity index (χ1n) is 6.43. The van der Waals surface area contributed by atoms with Crippen LogP contribution in [0.3, 0.4) is 0 Å². The summed E-state index contributed by atoms with van der Waals surface area (Å²) < 4.78 is 7.44. The molecule has 0 saturated heterocycles. The highest BCUT2D eigenvalue weighted by Gasteiger charge is 2.09. The van der Waals surface area contributed by atoms with Crippen molar-refractivity contribution in [3.05, 3.63) is 17.3 Å². The van der Waals surface area contributed by atoms with Gasteiger partial charge in [0.2, 0.25) is 5.95 Å². The number of nitrogens with zero attached hydrogens (tertiary/aromatic N) is 3. The van der Waals surface area contributed by atoms with Gasteiger partial charge in [-0.2, -0.15) is 0 Å². The van der Waals surface area contributed by atoms with Crippen LogP contribution in [0.2, 0.25) is 5.02 Å². The molecular weight excluding hydrogens is 264 g/mol. The van der Waals surface area contributed by atoms with Gasteiger partial charge in [0, 0.05) is 12.8 Å². The quantitative estimate of drug-likeness (QED) is 0.827. The summed E-state index contributed by atoms with van der Waals surface area (Å²) in [5.41, 5.74) is 7.34. The summed E-state index contributed by atoms with van der Waals surface area (Å²) in [6, 6.07) is 1.76. The van der Waals surface area contributed by atoms with Crippen LogP contribution in [0, 0.1) is 5.92 Å². The normalized spacial score (nSPS) is 11.6. The van der Waals surface area contributed by atoms with Crippen LogP contribution in [-0.4, -0.2) is 27.7 Å². The molecule has 0 aliphatic rings. The molecule has 0 atom stereocenters.